The van der Waals surface area contributed by atoms with E-state index in [-0.39, 0.29) is 23.6 Å². The number of hydrogen-bond donors (Lipinski definition) is 1. The first kappa shape index (κ1) is 23.1. The first-order valence-corrected chi connectivity index (χ1v) is 12.3. The smallest absolute Gasteiger partial charge is 0.230 e. The molecule has 2 aliphatic rings. The van der Waals surface area contributed by atoms with E-state index < -0.39 is 0 Å². The Kier molecular flexibility index (Phi) is 8.62. The van der Waals surface area contributed by atoms with Crippen molar-refractivity contribution in [3.05, 3.63) is 11.2 Å². The van der Waals surface area contributed by atoms with Gasteiger partial charge in [0.2, 0.25) is 11.8 Å². The number of halogens is 1. The third-order valence-electron chi connectivity index (χ3n) is 5.78. The van der Waals surface area contributed by atoms with Crippen LogP contribution in [-0.2, 0) is 9.59 Å². The molecule has 1 saturated carbocycles. The van der Waals surface area contributed by atoms with Gasteiger partial charge in [0.05, 0.1) is 5.75 Å². The molecule has 0 radical (unpaired) electrons. The first-order valence-electron chi connectivity index (χ1n) is 11.0. The van der Waals surface area contributed by atoms with Crippen LogP contribution in [0.4, 0.5) is 5.82 Å². The number of piperazine rings is 1. The van der Waals surface area contributed by atoms with E-state index in [9.17, 15) is 9.59 Å². The number of hydrogen-bond acceptors (Lipinski definition) is 6. The van der Waals surface area contributed by atoms with Crippen LogP contribution in [0.15, 0.2) is 11.2 Å². The number of nitrogens with one attached hydrogen (secondary N) is 1. The van der Waals surface area contributed by atoms with Crippen molar-refractivity contribution in [2.24, 2.45) is 5.92 Å². The summed E-state index contributed by atoms with van der Waals surface area (Å²) in [5.74, 6) is 1.52. The average molecular weight is 454 g/mol. The maximum Gasteiger partial charge on any atom is 0.230 e. The normalized spacial score (nSPS) is 19.9. The van der Waals surface area contributed by atoms with Crippen molar-refractivity contribution in [3.8, 4) is 0 Å². The van der Waals surface area contributed by atoms with Gasteiger partial charge in [0, 0.05) is 44.2 Å². The number of unbranched alkanes of at least 4 members (excludes halogenated alkanes) is 1. The lowest BCUT2D eigenvalue weighted by Gasteiger charge is -2.41. The molecular weight excluding hydrogens is 422 g/mol. The molecule has 1 aromatic heterocycles. The minimum atomic E-state index is -0.0220. The SMILES string of the molecule is CCCCNC(=O)CSc1nc(Cl)cc(N2CCN(C(=O)C3CCCC3)C(C)C2)n1. The quantitative estimate of drug-likeness (QED) is 0.281. The number of aromatic nitrogens is 2. The Balaban J connectivity index is 1.57. The number of rotatable bonds is 8. The predicted octanol–water partition coefficient (Wildman–Crippen LogP) is 3.37. The molecule has 9 heteroatoms. The fourth-order valence-electron chi connectivity index (χ4n) is 4.10. The molecule has 0 aromatic carbocycles. The summed E-state index contributed by atoms with van der Waals surface area (Å²) < 4.78 is 0. The Hall–Kier alpha value is -1.54. The van der Waals surface area contributed by atoms with Crippen molar-refractivity contribution in [1.82, 2.24) is 20.2 Å². The largest absolute Gasteiger partial charge is 0.355 e. The molecule has 2 heterocycles. The lowest BCUT2D eigenvalue weighted by molar-refractivity contribution is -0.137. The molecule has 1 atom stereocenters. The molecule has 2 amide bonds. The van der Waals surface area contributed by atoms with E-state index in [4.69, 9.17) is 11.6 Å². The molecule has 2 fully saturated rings. The Morgan fingerprint density at radius 1 is 1.27 bits per heavy atom. The Labute approximate surface area is 188 Å². The van der Waals surface area contributed by atoms with Crippen LogP contribution in [0.1, 0.15) is 52.4 Å². The van der Waals surface area contributed by atoms with Crippen molar-refractivity contribution in [2.45, 2.75) is 63.6 Å². The van der Waals surface area contributed by atoms with Gasteiger partial charge in [-0.1, -0.05) is 49.5 Å². The first-order chi connectivity index (χ1) is 14.5. The average Bonchev–Trinajstić information content (AvgIpc) is 3.26. The zero-order valence-electron chi connectivity index (χ0n) is 17.9. The fraction of sp³-hybridized carbons (Fsp3) is 0.714. The number of anilines is 1. The topological polar surface area (TPSA) is 78.4 Å². The van der Waals surface area contributed by atoms with Crippen LogP contribution in [-0.4, -0.2) is 64.7 Å². The Morgan fingerprint density at radius 2 is 2.03 bits per heavy atom. The molecule has 7 nitrogen and oxygen atoms in total. The summed E-state index contributed by atoms with van der Waals surface area (Å²) in [6, 6.07) is 1.88. The second-order valence-electron chi connectivity index (χ2n) is 8.13. The number of amides is 2. The molecule has 1 aromatic rings. The van der Waals surface area contributed by atoms with Crippen molar-refractivity contribution in [1.29, 1.82) is 0 Å². The van der Waals surface area contributed by atoms with E-state index in [0.717, 1.165) is 38.0 Å². The zero-order valence-corrected chi connectivity index (χ0v) is 19.5. The molecule has 1 N–H and O–H groups in total. The molecule has 1 aliphatic heterocycles. The molecule has 1 aliphatic carbocycles. The van der Waals surface area contributed by atoms with Gasteiger partial charge in [-0.2, -0.15) is 0 Å². The Morgan fingerprint density at radius 3 is 2.73 bits per heavy atom. The van der Waals surface area contributed by atoms with E-state index in [2.05, 4.69) is 34.0 Å². The lowest BCUT2D eigenvalue weighted by atomic mass is 10.0. The molecule has 0 spiro atoms. The van der Waals surface area contributed by atoms with Gasteiger partial charge in [-0.3, -0.25) is 9.59 Å². The summed E-state index contributed by atoms with van der Waals surface area (Å²) in [6.45, 7) is 7.01. The van der Waals surface area contributed by atoms with Crippen LogP contribution in [0.2, 0.25) is 5.15 Å². The summed E-state index contributed by atoms with van der Waals surface area (Å²) in [5.41, 5.74) is 0. The van der Waals surface area contributed by atoms with Gasteiger partial charge in [0.1, 0.15) is 11.0 Å². The highest BCUT2D eigenvalue weighted by molar-refractivity contribution is 7.99. The van der Waals surface area contributed by atoms with Gasteiger partial charge in [0.15, 0.2) is 5.16 Å². The third kappa shape index (κ3) is 6.23. The molecule has 0 bridgehead atoms. The maximum absolute atomic E-state index is 12.8. The van der Waals surface area contributed by atoms with Crippen molar-refractivity contribution in [2.75, 3.05) is 36.8 Å². The Bertz CT molecular complexity index is 744. The summed E-state index contributed by atoms with van der Waals surface area (Å²) in [5, 5.41) is 3.76. The second kappa shape index (κ2) is 11.2. The second-order valence-corrected chi connectivity index (χ2v) is 9.46. The highest BCUT2D eigenvalue weighted by Crippen LogP contribution is 2.29. The van der Waals surface area contributed by atoms with Gasteiger partial charge in [-0.25, -0.2) is 9.97 Å². The predicted molar refractivity (Wildman–Crippen MR) is 121 cm³/mol. The lowest BCUT2D eigenvalue weighted by Crippen LogP contribution is -2.55. The molecule has 30 heavy (non-hydrogen) atoms. The summed E-state index contributed by atoms with van der Waals surface area (Å²) >= 11 is 7.52. The van der Waals surface area contributed by atoms with Gasteiger partial charge >= 0.3 is 0 Å². The van der Waals surface area contributed by atoms with E-state index in [1.807, 2.05) is 4.90 Å². The van der Waals surface area contributed by atoms with Crippen LogP contribution < -0.4 is 10.2 Å². The van der Waals surface area contributed by atoms with Gasteiger partial charge in [0.25, 0.3) is 0 Å². The number of nitrogens with zero attached hydrogens (tertiary/aromatic N) is 4. The fourth-order valence-corrected chi connectivity index (χ4v) is 5.01. The van der Waals surface area contributed by atoms with Crippen molar-refractivity contribution in [3.63, 3.8) is 0 Å². The van der Waals surface area contributed by atoms with Crippen LogP contribution in [0, 0.1) is 5.92 Å². The highest BCUT2D eigenvalue weighted by Gasteiger charge is 2.33. The molecule has 1 unspecified atom stereocenters. The minimum absolute atomic E-state index is 0.0220. The van der Waals surface area contributed by atoms with Gasteiger partial charge < -0.3 is 15.1 Å². The van der Waals surface area contributed by atoms with E-state index in [1.54, 1.807) is 6.07 Å². The molecular formula is C21H32ClN5O2S. The maximum atomic E-state index is 12.8. The van der Waals surface area contributed by atoms with Crippen LogP contribution >= 0.6 is 23.4 Å². The molecule has 1 saturated heterocycles. The monoisotopic (exact) mass is 453 g/mol. The number of thioether (sulfide) groups is 1. The summed E-state index contributed by atoms with van der Waals surface area (Å²) in [7, 11) is 0. The van der Waals surface area contributed by atoms with E-state index in [1.165, 1.54) is 24.6 Å². The molecule has 3 rings (SSSR count). The number of carbonyl (C=O) groups excluding carboxylic acids is 2. The number of carbonyl (C=O) groups is 2. The van der Waals surface area contributed by atoms with Gasteiger partial charge in [-0.15, -0.1) is 0 Å². The summed E-state index contributed by atoms with van der Waals surface area (Å²) in [6.07, 6.45) is 6.41. The third-order valence-corrected chi connectivity index (χ3v) is 6.83. The minimum Gasteiger partial charge on any atom is -0.355 e. The van der Waals surface area contributed by atoms with E-state index in [0.29, 0.717) is 35.9 Å². The zero-order chi connectivity index (χ0) is 21.5. The van der Waals surface area contributed by atoms with E-state index >= 15 is 0 Å². The van der Waals surface area contributed by atoms with Crippen molar-refractivity contribution >= 4 is 41.0 Å². The standard InChI is InChI=1S/C21H32ClN5O2S/c1-3-4-9-23-19(28)14-30-21-24-17(22)12-18(25-21)26-10-11-27(15(2)13-26)20(29)16-7-5-6-8-16/h12,15-16H,3-11,13-14H2,1-2H3,(H,23,28). The van der Waals surface area contributed by atoms with Crippen molar-refractivity contribution < 1.29 is 9.59 Å². The van der Waals surface area contributed by atoms with Crippen LogP contribution in [0.25, 0.3) is 0 Å². The van der Waals surface area contributed by atoms with Crippen LogP contribution in [0.3, 0.4) is 0 Å². The van der Waals surface area contributed by atoms with Crippen LogP contribution in [0.5, 0.6) is 0 Å². The summed E-state index contributed by atoms with van der Waals surface area (Å²) in [4.78, 5) is 37.8. The van der Waals surface area contributed by atoms with Gasteiger partial charge in [-0.05, 0) is 26.2 Å². The molecule has 166 valence electrons. The highest BCUT2D eigenvalue weighted by atomic mass is 35.5.